The average Bonchev–Trinajstić information content (AvgIpc) is 2.96. The van der Waals surface area contributed by atoms with Crippen LogP contribution in [-0.2, 0) is 11.2 Å². The second kappa shape index (κ2) is 6.23. The Morgan fingerprint density at radius 2 is 1.74 bits per heavy atom. The SMILES string of the molecule is O=C(Cc1c[nH]c2ccccc12)NNC(=O)c1ccccc1O. The summed E-state index contributed by atoms with van der Waals surface area (Å²) in [6.07, 6.45) is 1.90. The van der Waals surface area contributed by atoms with E-state index in [2.05, 4.69) is 15.8 Å². The van der Waals surface area contributed by atoms with E-state index in [0.29, 0.717) is 0 Å². The van der Waals surface area contributed by atoms with Crippen LogP contribution in [0.5, 0.6) is 5.75 Å². The standard InChI is InChI=1S/C17H15N3O3/c21-15-8-4-2-6-13(15)17(23)20-19-16(22)9-11-10-18-14-7-3-1-5-12(11)14/h1-8,10,18,21H,9H2,(H,19,22)(H,20,23). The van der Waals surface area contributed by atoms with Crippen LogP contribution in [0, 0.1) is 0 Å². The van der Waals surface area contributed by atoms with Gasteiger partial charge in [-0.05, 0) is 23.8 Å². The number of aromatic amines is 1. The molecule has 3 rings (SSSR count). The second-order valence-electron chi connectivity index (χ2n) is 5.06. The Labute approximate surface area is 132 Å². The number of fused-ring (bicyclic) bond motifs is 1. The van der Waals surface area contributed by atoms with E-state index in [1.165, 1.54) is 12.1 Å². The van der Waals surface area contributed by atoms with Crippen LogP contribution in [0.25, 0.3) is 10.9 Å². The molecule has 0 aliphatic rings. The third kappa shape index (κ3) is 3.16. The number of hydrogen-bond acceptors (Lipinski definition) is 3. The van der Waals surface area contributed by atoms with Gasteiger partial charge in [0.1, 0.15) is 5.75 Å². The van der Waals surface area contributed by atoms with Gasteiger partial charge in [-0.2, -0.15) is 0 Å². The molecule has 23 heavy (non-hydrogen) atoms. The zero-order valence-electron chi connectivity index (χ0n) is 12.2. The molecule has 6 nitrogen and oxygen atoms in total. The third-order valence-corrected chi connectivity index (χ3v) is 3.49. The summed E-state index contributed by atoms with van der Waals surface area (Å²) < 4.78 is 0. The van der Waals surface area contributed by atoms with Crippen LogP contribution in [0.2, 0.25) is 0 Å². The highest BCUT2D eigenvalue weighted by atomic mass is 16.3. The van der Waals surface area contributed by atoms with Crippen molar-refractivity contribution < 1.29 is 14.7 Å². The summed E-state index contributed by atoms with van der Waals surface area (Å²) in [7, 11) is 0. The van der Waals surface area contributed by atoms with Crippen LogP contribution in [0.15, 0.2) is 54.7 Å². The first-order chi connectivity index (χ1) is 11.1. The number of H-pyrrole nitrogens is 1. The summed E-state index contributed by atoms with van der Waals surface area (Å²) in [5, 5.41) is 10.6. The highest BCUT2D eigenvalue weighted by Gasteiger charge is 2.12. The van der Waals surface area contributed by atoms with Gasteiger partial charge in [-0.15, -0.1) is 0 Å². The normalized spacial score (nSPS) is 10.4. The number of rotatable bonds is 3. The van der Waals surface area contributed by atoms with Crippen LogP contribution in [0.4, 0.5) is 0 Å². The lowest BCUT2D eigenvalue weighted by molar-refractivity contribution is -0.121. The molecule has 0 aliphatic heterocycles. The molecular formula is C17H15N3O3. The fourth-order valence-electron chi connectivity index (χ4n) is 2.35. The molecule has 0 saturated heterocycles. The number of nitrogens with one attached hydrogen (secondary N) is 3. The Hall–Kier alpha value is -3.28. The zero-order valence-corrected chi connectivity index (χ0v) is 12.2. The number of aromatic hydroxyl groups is 1. The van der Waals surface area contributed by atoms with E-state index in [4.69, 9.17) is 0 Å². The minimum Gasteiger partial charge on any atom is -0.507 e. The maximum absolute atomic E-state index is 12.0. The number of hydrogen-bond donors (Lipinski definition) is 4. The Kier molecular flexibility index (Phi) is 3.97. The number of phenolic OH excluding ortho intramolecular Hbond substituents is 1. The van der Waals surface area contributed by atoms with Crippen LogP contribution in [0.3, 0.4) is 0 Å². The van der Waals surface area contributed by atoms with E-state index in [9.17, 15) is 14.7 Å². The van der Waals surface area contributed by atoms with Crippen molar-refractivity contribution >= 4 is 22.7 Å². The molecule has 0 unspecified atom stereocenters. The van der Waals surface area contributed by atoms with Crippen LogP contribution in [0.1, 0.15) is 15.9 Å². The van der Waals surface area contributed by atoms with Crippen molar-refractivity contribution in [2.75, 3.05) is 0 Å². The summed E-state index contributed by atoms with van der Waals surface area (Å²) >= 11 is 0. The molecule has 0 spiro atoms. The number of carbonyl (C=O) groups is 2. The van der Waals surface area contributed by atoms with Crippen molar-refractivity contribution in [3.63, 3.8) is 0 Å². The lowest BCUT2D eigenvalue weighted by atomic mass is 10.1. The number of hydrazine groups is 1. The zero-order chi connectivity index (χ0) is 16.2. The molecule has 4 N–H and O–H groups in total. The smallest absolute Gasteiger partial charge is 0.273 e. The van der Waals surface area contributed by atoms with Gasteiger partial charge >= 0.3 is 0 Å². The first kappa shape index (κ1) is 14.6. The summed E-state index contributed by atoms with van der Waals surface area (Å²) in [5.41, 5.74) is 6.53. The number of benzene rings is 2. The molecule has 2 aromatic carbocycles. The lowest BCUT2D eigenvalue weighted by Gasteiger charge is -2.08. The van der Waals surface area contributed by atoms with Gasteiger partial charge in [-0.1, -0.05) is 30.3 Å². The molecular weight excluding hydrogens is 294 g/mol. The molecule has 0 bridgehead atoms. The van der Waals surface area contributed by atoms with Crippen molar-refractivity contribution in [2.45, 2.75) is 6.42 Å². The molecule has 0 fully saturated rings. The van der Waals surface area contributed by atoms with Crippen molar-refractivity contribution in [3.05, 3.63) is 65.9 Å². The number of carbonyl (C=O) groups excluding carboxylic acids is 2. The van der Waals surface area contributed by atoms with E-state index in [1.807, 2.05) is 24.3 Å². The predicted molar refractivity (Wildman–Crippen MR) is 85.7 cm³/mol. The molecule has 1 aromatic heterocycles. The monoisotopic (exact) mass is 309 g/mol. The molecule has 0 atom stereocenters. The predicted octanol–water partition coefficient (Wildman–Crippen LogP) is 1.88. The Balaban J connectivity index is 1.62. The molecule has 3 aromatic rings. The van der Waals surface area contributed by atoms with Crippen molar-refractivity contribution in [1.29, 1.82) is 0 Å². The Morgan fingerprint density at radius 3 is 2.57 bits per heavy atom. The molecule has 116 valence electrons. The van der Waals surface area contributed by atoms with Gasteiger partial charge in [0, 0.05) is 17.1 Å². The van der Waals surface area contributed by atoms with Gasteiger partial charge < -0.3 is 10.1 Å². The fourth-order valence-corrected chi connectivity index (χ4v) is 2.35. The van der Waals surface area contributed by atoms with Gasteiger partial charge in [0.2, 0.25) is 5.91 Å². The summed E-state index contributed by atoms with van der Waals surface area (Å²) in [4.78, 5) is 27.0. The van der Waals surface area contributed by atoms with E-state index in [0.717, 1.165) is 16.5 Å². The molecule has 2 amide bonds. The maximum atomic E-state index is 12.0. The quantitative estimate of drug-likeness (QED) is 0.556. The van der Waals surface area contributed by atoms with Gasteiger partial charge in [0.15, 0.2) is 0 Å². The van der Waals surface area contributed by atoms with Crippen molar-refractivity contribution in [3.8, 4) is 5.75 Å². The Bertz CT molecular complexity index is 870. The lowest BCUT2D eigenvalue weighted by Crippen LogP contribution is -2.42. The number of amides is 2. The molecule has 1 heterocycles. The highest BCUT2D eigenvalue weighted by Crippen LogP contribution is 2.18. The van der Waals surface area contributed by atoms with Gasteiger partial charge in [-0.25, -0.2) is 0 Å². The molecule has 0 saturated carbocycles. The third-order valence-electron chi connectivity index (χ3n) is 3.49. The van der Waals surface area contributed by atoms with Crippen molar-refractivity contribution in [2.24, 2.45) is 0 Å². The number of para-hydroxylation sites is 2. The van der Waals surface area contributed by atoms with E-state index >= 15 is 0 Å². The second-order valence-corrected chi connectivity index (χ2v) is 5.06. The van der Waals surface area contributed by atoms with Gasteiger partial charge in [0.25, 0.3) is 5.91 Å². The number of phenols is 1. The van der Waals surface area contributed by atoms with Crippen LogP contribution >= 0.6 is 0 Å². The largest absolute Gasteiger partial charge is 0.507 e. The van der Waals surface area contributed by atoms with E-state index < -0.39 is 5.91 Å². The molecule has 6 heteroatoms. The first-order valence-electron chi connectivity index (χ1n) is 7.07. The van der Waals surface area contributed by atoms with Gasteiger partial charge in [0.05, 0.1) is 12.0 Å². The van der Waals surface area contributed by atoms with Crippen LogP contribution < -0.4 is 10.9 Å². The maximum Gasteiger partial charge on any atom is 0.273 e. The molecule has 0 aliphatic carbocycles. The summed E-state index contributed by atoms with van der Waals surface area (Å²) in [6, 6.07) is 13.8. The van der Waals surface area contributed by atoms with Crippen LogP contribution in [-0.4, -0.2) is 21.9 Å². The highest BCUT2D eigenvalue weighted by molar-refractivity contribution is 5.98. The summed E-state index contributed by atoms with van der Waals surface area (Å²) in [5.74, 6) is -1.07. The Morgan fingerprint density at radius 1 is 1.00 bits per heavy atom. The molecule has 0 radical (unpaired) electrons. The summed E-state index contributed by atoms with van der Waals surface area (Å²) in [6.45, 7) is 0. The first-order valence-corrected chi connectivity index (χ1v) is 7.07. The van der Waals surface area contributed by atoms with E-state index in [-0.39, 0.29) is 23.6 Å². The van der Waals surface area contributed by atoms with Gasteiger partial charge in [-0.3, -0.25) is 20.4 Å². The average molecular weight is 309 g/mol. The topological polar surface area (TPSA) is 94.2 Å². The van der Waals surface area contributed by atoms with Crippen molar-refractivity contribution in [1.82, 2.24) is 15.8 Å². The fraction of sp³-hybridized carbons (Fsp3) is 0.0588. The minimum atomic E-state index is -0.574. The number of aromatic nitrogens is 1. The minimum absolute atomic E-state index is 0.0971. The van der Waals surface area contributed by atoms with E-state index in [1.54, 1.807) is 18.3 Å².